The Labute approximate surface area is 117 Å². The molecule has 3 nitrogen and oxygen atoms in total. The van der Waals surface area contributed by atoms with E-state index in [0.29, 0.717) is 22.2 Å². The summed E-state index contributed by atoms with van der Waals surface area (Å²) in [6.45, 7) is 3.82. The Morgan fingerprint density at radius 1 is 1.28 bits per heavy atom. The second kappa shape index (κ2) is 6.41. The fraction of sp³-hybridized carbons (Fsp3) is 0.462. The molecule has 1 fully saturated rings. The average molecular weight is 287 g/mol. The number of hydrogen-bond donors (Lipinski definition) is 1. The van der Waals surface area contributed by atoms with Crippen molar-refractivity contribution in [3.05, 3.63) is 33.8 Å². The number of likely N-dealkylation sites (tertiary alicyclic amines) is 1. The fourth-order valence-corrected chi connectivity index (χ4v) is 2.60. The van der Waals surface area contributed by atoms with Crippen molar-refractivity contribution < 1.29 is 4.79 Å². The first kappa shape index (κ1) is 13.7. The first-order chi connectivity index (χ1) is 8.66. The van der Waals surface area contributed by atoms with E-state index in [9.17, 15) is 4.79 Å². The van der Waals surface area contributed by atoms with Crippen molar-refractivity contribution in [1.82, 2.24) is 10.2 Å². The van der Waals surface area contributed by atoms with Gasteiger partial charge in [0.05, 0.1) is 10.6 Å². The molecular weight excluding hydrogens is 271 g/mol. The summed E-state index contributed by atoms with van der Waals surface area (Å²) < 4.78 is 0. The van der Waals surface area contributed by atoms with E-state index in [2.05, 4.69) is 10.2 Å². The molecule has 98 valence electrons. The number of carbonyl (C=O) groups is 1. The lowest BCUT2D eigenvalue weighted by atomic mass is 10.2. The van der Waals surface area contributed by atoms with Gasteiger partial charge in [-0.15, -0.1) is 0 Å². The Hall–Kier alpha value is -0.770. The Morgan fingerprint density at radius 2 is 2.00 bits per heavy atom. The monoisotopic (exact) mass is 286 g/mol. The summed E-state index contributed by atoms with van der Waals surface area (Å²) in [5.41, 5.74) is 0.475. The maximum atomic E-state index is 11.9. The predicted molar refractivity (Wildman–Crippen MR) is 74.5 cm³/mol. The van der Waals surface area contributed by atoms with Crippen molar-refractivity contribution >= 4 is 29.1 Å². The first-order valence-corrected chi connectivity index (χ1v) is 6.88. The highest BCUT2D eigenvalue weighted by atomic mass is 35.5. The maximum absolute atomic E-state index is 11.9. The van der Waals surface area contributed by atoms with E-state index in [1.54, 1.807) is 18.2 Å². The molecule has 1 heterocycles. The smallest absolute Gasteiger partial charge is 0.252 e. The second-order valence-corrected chi connectivity index (χ2v) is 5.27. The number of nitrogens with one attached hydrogen (secondary N) is 1. The topological polar surface area (TPSA) is 32.3 Å². The molecule has 1 saturated heterocycles. The molecule has 0 atom stereocenters. The summed E-state index contributed by atoms with van der Waals surface area (Å²) in [5, 5.41) is 3.80. The van der Waals surface area contributed by atoms with Crippen LogP contribution in [0.3, 0.4) is 0 Å². The molecular formula is C13H16Cl2N2O. The summed E-state index contributed by atoms with van der Waals surface area (Å²) in [6.07, 6.45) is 2.52. The summed E-state index contributed by atoms with van der Waals surface area (Å²) >= 11 is 11.8. The van der Waals surface area contributed by atoms with Crippen molar-refractivity contribution in [3.8, 4) is 0 Å². The van der Waals surface area contributed by atoms with E-state index >= 15 is 0 Å². The van der Waals surface area contributed by atoms with Gasteiger partial charge in [0.15, 0.2) is 0 Å². The van der Waals surface area contributed by atoms with Gasteiger partial charge in [0, 0.05) is 18.1 Å². The standard InChI is InChI=1S/C13H16Cl2N2O/c14-10-3-4-11(12(15)9-10)13(18)16-5-8-17-6-1-2-7-17/h3-4,9H,1-2,5-8H2,(H,16,18). The first-order valence-electron chi connectivity index (χ1n) is 6.12. The lowest BCUT2D eigenvalue weighted by molar-refractivity contribution is 0.0950. The third-order valence-corrected chi connectivity index (χ3v) is 3.64. The molecule has 1 aliphatic rings. The van der Waals surface area contributed by atoms with Crippen LogP contribution in [-0.4, -0.2) is 37.0 Å². The molecule has 18 heavy (non-hydrogen) atoms. The van der Waals surface area contributed by atoms with Gasteiger partial charge >= 0.3 is 0 Å². The van der Waals surface area contributed by atoms with Crippen LogP contribution in [0.2, 0.25) is 10.0 Å². The van der Waals surface area contributed by atoms with Crippen LogP contribution in [0.4, 0.5) is 0 Å². The minimum absolute atomic E-state index is 0.143. The highest BCUT2D eigenvalue weighted by Gasteiger charge is 2.13. The maximum Gasteiger partial charge on any atom is 0.252 e. The van der Waals surface area contributed by atoms with Crippen LogP contribution >= 0.6 is 23.2 Å². The van der Waals surface area contributed by atoms with Crippen molar-refractivity contribution in [2.75, 3.05) is 26.2 Å². The second-order valence-electron chi connectivity index (χ2n) is 4.43. The Balaban J connectivity index is 1.83. The number of benzene rings is 1. The average Bonchev–Trinajstić information content (AvgIpc) is 2.81. The number of hydrogen-bond acceptors (Lipinski definition) is 2. The molecule has 0 radical (unpaired) electrons. The highest BCUT2D eigenvalue weighted by molar-refractivity contribution is 6.36. The van der Waals surface area contributed by atoms with Crippen LogP contribution in [0, 0.1) is 0 Å². The minimum atomic E-state index is -0.143. The largest absolute Gasteiger partial charge is 0.351 e. The fourth-order valence-electron chi connectivity index (χ4n) is 2.10. The van der Waals surface area contributed by atoms with Crippen LogP contribution in [0.25, 0.3) is 0 Å². The zero-order chi connectivity index (χ0) is 13.0. The molecule has 1 aromatic rings. The normalized spacial score (nSPS) is 15.9. The number of rotatable bonds is 4. The van der Waals surface area contributed by atoms with Gasteiger partial charge in [-0.1, -0.05) is 23.2 Å². The van der Waals surface area contributed by atoms with Crippen LogP contribution in [0.1, 0.15) is 23.2 Å². The third kappa shape index (κ3) is 3.61. The number of halogens is 2. The zero-order valence-corrected chi connectivity index (χ0v) is 11.6. The minimum Gasteiger partial charge on any atom is -0.351 e. The molecule has 2 rings (SSSR count). The van der Waals surface area contributed by atoms with Crippen LogP contribution in [-0.2, 0) is 0 Å². The van der Waals surface area contributed by atoms with E-state index in [0.717, 1.165) is 19.6 Å². The van der Waals surface area contributed by atoms with E-state index in [-0.39, 0.29) is 5.91 Å². The number of carbonyl (C=O) groups excluding carboxylic acids is 1. The third-order valence-electron chi connectivity index (χ3n) is 3.09. The molecule has 0 bridgehead atoms. The van der Waals surface area contributed by atoms with E-state index in [1.807, 2.05) is 0 Å². The van der Waals surface area contributed by atoms with Gasteiger partial charge in [-0.2, -0.15) is 0 Å². The van der Waals surface area contributed by atoms with Crippen molar-refractivity contribution in [1.29, 1.82) is 0 Å². The van der Waals surface area contributed by atoms with Crippen molar-refractivity contribution in [2.24, 2.45) is 0 Å². The lowest BCUT2D eigenvalue weighted by Crippen LogP contribution is -2.33. The highest BCUT2D eigenvalue weighted by Crippen LogP contribution is 2.20. The van der Waals surface area contributed by atoms with Crippen LogP contribution in [0.15, 0.2) is 18.2 Å². The molecule has 0 aromatic heterocycles. The summed E-state index contributed by atoms with van der Waals surface area (Å²) in [7, 11) is 0. The van der Waals surface area contributed by atoms with Crippen LogP contribution in [0.5, 0.6) is 0 Å². The van der Waals surface area contributed by atoms with Gasteiger partial charge in [0.1, 0.15) is 0 Å². The summed E-state index contributed by atoms with van der Waals surface area (Å²) in [5.74, 6) is -0.143. The molecule has 0 saturated carbocycles. The zero-order valence-electron chi connectivity index (χ0n) is 10.1. The lowest BCUT2D eigenvalue weighted by Gasteiger charge is -2.14. The molecule has 1 amide bonds. The molecule has 1 aromatic carbocycles. The van der Waals surface area contributed by atoms with Gasteiger partial charge in [0.25, 0.3) is 5.91 Å². The van der Waals surface area contributed by atoms with Gasteiger partial charge in [-0.05, 0) is 44.1 Å². The summed E-state index contributed by atoms with van der Waals surface area (Å²) in [4.78, 5) is 14.2. The van der Waals surface area contributed by atoms with Gasteiger partial charge in [-0.3, -0.25) is 4.79 Å². The van der Waals surface area contributed by atoms with Crippen molar-refractivity contribution in [3.63, 3.8) is 0 Å². The van der Waals surface area contributed by atoms with Gasteiger partial charge in [-0.25, -0.2) is 0 Å². The molecule has 1 N–H and O–H groups in total. The van der Waals surface area contributed by atoms with Crippen LogP contribution < -0.4 is 5.32 Å². The van der Waals surface area contributed by atoms with Gasteiger partial charge in [0.2, 0.25) is 0 Å². The predicted octanol–water partition coefficient (Wildman–Crippen LogP) is 2.82. The van der Waals surface area contributed by atoms with E-state index < -0.39 is 0 Å². The molecule has 1 aliphatic heterocycles. The Kier molecular flexibility index (Phi) is 4.87. The summed E-state index contributed by atoms with van der Waals surface area (Å²) in [6, 6.07) is 4.90. The Morgan fingerprint density at radius 3 is 2.67 bits per heavy atom. The number of nitrogens with zero attached hydrogens (tertiary/aromatic N) is 1. The van der Waals surface area contributed by atoms with Crippen molar-refractivity contribution in [2.45, 2.75) is 12.8 Å². The van der Waals surface area contributed by atoms with Gasteiger partial charge < -0.3 is 10.2 Å². The number of amides is 1. The molecule has 0 aliphatic carbocycles. The Bertz CT molecular complexity index is 431. The van der Waals surface area contributed by atoms with E-state index in [4.69, 9.17) is 23.2 Å². The molecule has 0 spiro atoms. The van der Waals surface area contributed by atoms with E-state index in [1.165, 1.54) is 12.8 Å². The molecule has 0 unspecified atom stereocenters. The quantitative estimate of drug-likeness (QED) is 0.923. The molecule has 5 heteroatoms. The SMILES string of the molecule is O=C(NCCN1CCCC1)c1ccc(Cl)cc1Cl.